The van der Waals surface area contributed by atoms with Crippen LogP contribution in [0.5, 0.6) is 0 Å². The molecule has 0 saturated carbocycles. The van der Waals surface area contributed by atoms with Crippen molar-refractivity contribution in [2.75, 3.05) is 13.6 Å². The third-order valence-electron chi connectivity index (χ3n) is 3.41. The molecule has 1 atom stereocenters. The van der Waals surface area contributed by atoms with Gasteiger partial charge in [0.15, 0.2) is 0 Å². The number of hydrogen-bond donors (Lipinski definition) is 2. The lowest BCUT2D eigenvalue weighted by Gasteiger charge is -2.31. The van der Waals surface area contributed by atoms with Gasteiger partial charge in [0.05, 0.1) is 5.54 Å². The minimum atomic E-state index is -0.276. The van der Waals surface area contributed by atoms with Crippen LogP contribution >= 0.6 is 0 Å². The highest BCUT2D eigenvalue weighted by atomic mass is 16.2. The lowest BCUT2D eigenvalue weighted by molar-refractivity contribution is 0.189. The third kappa shape index (κ3) is 1.55. The van der Waals surface area contributed by atoms with Gasteiger partial charge < -0.3 is 16.0 Å². The van der Waals surface area contributed by atoms with Crippen LogP contribution in [0.3, 0.4) is 0 Å². The Morgan fingerprint density at radius 3 is 2.88 bits per heavy atom. The number of carbonyl (C=O) groups excluding carboxylic acids is 1. The first-order valence-corrected chi connectivity index (χ1v) is 5.39. The number of likely N-dealkylation sites (N-methyl/N-ethyl adjacent to an activating group) is 1. The van der Waals surface area contributed by atoms with Gasteiger partial charge in [-0.2, -0.15) is 0 Å². The van der Waals surface area contributed by atoms with Gasteiger partial charge in [-0.3, -0.25) is 0 Å². The Labute approximate surface area is 95.4 Å². The van der Waals surface area contributed by atoms with E-state index in [9.17, 15) is 4.79 Å². The Balaban J connectivity index is 2.39. The summed E-state index contributed by atoms with van der Waals surface area (Å²) >= 11 is 0. The highest BCUT2D eigenvalue weighted by molar-refractivity contribution is 5.78. The van der Waals surface area contributed by atoms with Crippen molar-refractivity contribution in [3.05, 3.63) is 35.4 Å². The molecule has 3 N–H and O–H groups in total. The van der Waals surface area contributed by atoms with E-state index in [4.69, 9.17) is 5.73 Å². The van der Waals surface area contributed by atoms with E-state index in [0.717, 1.165) is 11.1 Å². The number of nitrogens with zero attached hydrogens (tertiary/aromatic N) is 1. The Bertz CT molecular complexity index is 418. The van der Waals surface area contributed by atoms with Crippen LogP contribution in [0.25, 0.3) is 0 Å². The van der Waals surface area contributed by atoms with Gasteiger partial charge in [-0.05, 0) is 18.1 Å². The molecule has 0 bridgehead atoms. The molecular formula is C12H17N3O. The molecular weight excluding hydrogens is 202 g/mol. The number of amides is 2. The average molecular weight is 219 g/mol. The maximum absolute atomic E-state index is 11.5. The predicted molar refractivity (Wildman–Crippen MR) is 62.8 cm³/mol. The molecule has 1 fully saturated rings. The summed E-state index contributed by atoms with van der Waals surface area (Å²) in [6, 6.07) is 8.06. The molecule has 1 aromatic rings. The average Bonchev–Trinajstić information content (AvgIpc) is 2.59. The number of nitrogens with two attached hydrogens (primary N) is 1. The van der Waals surface area contributed by atoms with E-state index in [1.807, 2.05) is 25.2 Å². The molecule has 1 unspecified atom stereocenters. The summed E-state index contributed by atoms with van der Waals surface area (Å²) in [4.78, 5) is 13.2. The Kier molecular flexibility index (Phi) is 2.59. The predicted octanol–water partition coefficient (Wildman–Crippen LogP) is 1.02. The molecule has 4 nitrogen and oxygen atoms in total. The van der Waals surface area contributed by atoms with Crippen LogP contribution in [0.4, 0.5) is 4.79 Å². The summed E-state index contributed by atoms with van der Waals surface area (Å²) in [5, 5.41) is 2.85. The molecule has 86 valence electrons. The first kappa shape index (κ1) is 11.0. The second-order valence-corrected chi connectivity index (χ2v) is 4.40. The third-order valence-corrected chi connectivity index (χ3v) is 3.41. The minimum absolute atomic E-state index is 0.0272. The highest BCUT2D eigenvalue weighted by Crippen LogP contribution is 2.30. The largest absolute Gasteiger partial charge is 0.335 e. The van der Waals surface area contributed by atoms with Crippen molar-refractivity contribution < 1.29 is 4.79 Å². The topological polar surface area (TPSA) is 58.4 Å². The van der Waals surface area contributed by atoms with Gasteiger partial charge in [0.1, 0.15) is 0 Å². The van der Waals surface area contributed by atoms with E-state index >= 15 is 0 Å². The molecule has 1 aliphatic rings. The quantitative estimate of drug-likeness (QED) is 0.780. The lowest BCUT2D eigenvalue weighted by atomic mass is 9.90. The number of nitrogens with one attached hydrogen (secondary N) is 1. The molecule has 1 aromatic carbocycles. The smallest absolute Gasteiger partial charge is 0.318 e. The van der Waals surface area contributed by atoms with E-state index in [2.05, 4.69) is 18.3 Å². The van der Waals surface area contributed by atoms with Crippen LogP contribution in [0, 0.1) is 0 Å². The maximum atomic E-state index is 11.5. The summed E-state index contributed by atoms with van der Waals surface area (Å²) in [5.41, 5.74) is 7.56. The van der Waals surface area contributed by atoms with Gasteiger partial charge in [-0.1, -0.05) is 24.3 Å². The van der Waals surface area contributed by atoms with Crippen molar-refractivity contribution in [3.63, 3.8) is 0 Å². The molecule has 2 rings (SSSR count). The zero-order valence-corrected chi connectivity index (χ0v) is 9.66. The van der Waals surface area contributed by atoms with Gasteiger partial charge in [0.2, 0.25) is 0 Å². The monoisotopic (exact) mass is 219 g/mol. The molecule has 2 amide bonds. The first-order valence-electron chi connectivity index (χ1n) is 5.39. The molecule has 0 aromatic heterocycles. The fourth-order valence-electron chi connectivity index (χ4n) is 2.04. The van der Waals surface area contributed by atoms with E-state index in [-0.39, 0.29) is 11.6 Å². The fraction of sp³-hybridized carbons (Fsp3) is 0.417. The van der Waals surface area contributed by atoms with E-state index in [0.29, 0.717) is 13.1 Å². The van der Waals surface area contributed by atoms with Crippen molar-refractivity contribution in [2.24, 2.45) is 5.73 Å². The normalized spacial score (nSPS) is 24.7. The van der Waals surface area contributed by atoms with Gasteiger partial charge in [0, 0.05) is 20.1 Å². The van der Waals surface area contributed by atoms with Crippen LogP contribution in [-0.4, -0.2) is 24.5 Å². The maximum Gasteiger partial charge on any atom is 0.318 e. The van der Waals surface area contributed by atoms with E-state index < -0.39 is 0 Å². The van der Waals surface area contributed by atoms with Crippen molar-refractivity contribution >= 4 is 6.03 Å². The molecule has 1 aliphatic heterocycles. The standard InChI is InChI=1S/C12H17N3O/c1-12(8-14-11(16)15(12)2)10-5-3-4-9(6-10)7-13/h3-6H,7-8,13H2,1-2H3,(H,14,16). The second-order valence-electron chi connectivity index (χ2n) is 4.40. The number of urea groups is 1. The van der Waals surface area contributed by atoms with Crippen LogP contribution in [0.1, 0.15) is 18.1 Å². The fourth-order valence-corrected chi connectivity index (χ4v) is 2.04. The minimum Gasteiger partial charge on any atom is -0.335 e. The summed E-state index contributed by atoms with van der Waals surface area (Å²) < 4.78 is 0. The van der Waals surface area contributed by atoms with Gasteiger partial charge in [-0.25, -0.2) is 4.79 Å². The number of carbonyl (C=O) groups is 1. The summed E-state index contributed by atoms with van der Waals surface area (Å²) in [7, 11) is 1.82. The Hall–Kier alpha value is -1.55. The van der Waals surface area contributed by atoms with Crippen molar-refractivity contribution in [2.45, 2.75) is 19.0 Å². The number of benzene rings is 1. The molecule has 1 heterocycles. The van der Waals surface area contributed by atoms with Crippen LogP contribution < -0.4 is 11.1 Å². The lowest BCUT2D eigenvalue weighted by Crippen LogP contribution is -2.39. The Morgan fingerprint density at radius 2 is 2.31 bits per heavy atom. The summed E-state index contributed by atoms with van der Waals surface area (Å²) in [6.07, 6.45) is 0. The SMILES string of the molecule is CN1C(=O)NCC1(C)c1cccc(CN)c1. The van der Waals surface area contributed by atoms with Crippen molar-refractivity contribution in [1.82, 2.24) is 10.2 Å². The van der Waals surface area contributed by atoms with Crippen LogP contribution in [0.2, 0.25) is 0 Å². The van der Waals surface area contributed by atoms with Gasteiger partial charge in [0.25, 0.3) is 0 Å². The molecule has 16 heavy (non-hydrogen) atoms. The van der Waals surface area contributed by atoms with Crippen LogP contribution in [-0.2, 0) is 12.1 Å². The van der Waals surface area contributed by atoms with E-state index in [1.165, 1.54) is 0 Å². The summed E-state index contributed by atoms with van der Waals surface area (Å²) in [6.45, 7) is 3.21. The molecule has 0 radical (unpaired) electrons. The van der Waals surface area contributed by atoms with Crippen LogP contribution in [0.15, 0.2) is 24.3 Å². The Morgan fingerprint density at radius 1 is 1.56 bits per heavy atom. The molecule has 0 spiro atoms. The van der Waals surface area contributed by atoms with Gasteiger partial charge >= 0.3 is 6.03 Å². The van der Waals surface area contributed by atoms with Crippen molar-refractivity contribution in [1.29, 1.82) is 0 Å². The van der Waals surface area contributed by atoms with E-state index in [1.54, 1.807) is 4.90 Å². The summed E-state index contributed by atoms with van der Waals surface area (Å²) in [5.74, 6) is 0. The van der Waals surface area contributed by atoms with Gasteiger partial charge in [-0.15, -0.1) is 0 Å². The highest BCUT2D eigenvalue weighted by Gasteiger charge is 2.40. The molecule has 0 aliphatic carbocycles. The number of hydrogen-bond acceptors (Lipinski definition) is 2. The first-order chi connectivity index (χ1) is 7.58. The second kappa shape index (κ2) is 3.79. The zero-order chi connectivity index (χ0) is 11.8. The van der Waals surface area contributed by atoms with Crippen molar-refractivity contribution in [3.8, 4) is 0 Å². The molecule has 1 saturated heterocycles. The molecule has 4 heteroatoms. The zero-order valence-electron chi connectivity index (χ0n) is 9.66. The number of rotatable bonds is 2.